The summed E-state index contributed by atoms with van der Waals surface area (Å²) in [5, 5.41) is 8.90. The Labute approximate surface area is 87.5 Å². The minimum Gasteiger partial charge on any atom is -0.462 e. The first kappa shape index (κ1) is 11.7. The van der Waals surface area contributed by atoms with Gasteiger partial charge in [0.15, 0.2) is 0 Å². The Kier molecular flexibility index (Phi) is 4.26. The molecule has 1 rings (SSSR count). The Morgan fingerprint density at radius 2 is 2.53 bits per heavy atom. The molecule has 4 N–H and O–H groups in total. The molecule has 15 heavy (non-hydrogen) atoms. The van der Waals surface area contributed by atoms with E-state index in [0.29, 0.717) is 12.1 Å². The summed E-state index contributed by atoms with van der Waals surface area (Å²) in [6, 6.07) is -0.743. The number of nitrogens with zero attached hydrogens (tertiary/aromatic N) is 1. The molecule has 1 aromatic rings. The summed E-state index contributed by atoms with van der Waals surface area (Å²) in [4.78, 5) is 18.0. The zero-order valence-corrected chi connectivity index (χ0v) is 8.51. The van der Waals surface area contributed by atoms with E-state index in [-0.39, 0.29) is 6.61 Å². The number of carbonyl (C=O) groups is 1. The predicted octanol–water partition coefficient (Wildman–Crippen LogP) is -0.796. The van der Waals surface area contributed by atoms with Crippen LogP contribution >= 0.6 is 0 Å². The molecule has 0 aliphatic rings. The van der Waals surface area contributed by atoms with E-state index >= 15 is 0 Å². The fraction of sp³-hybridized carbons (Fsp3) is 0.556. The summed E-state index contributed by atoms with van der Waals surface area (Å²) in [6.07, 6.45) is 2.83. The third kappa shape index (κ3) is 4.09. The van der Waals surface area contributed by atoms with E-state index in [1.807, 2.05) is 0 Å². The van der Waals surface area contributed by atoms with E-state index in [1.165, 1.54) is 13.3 Å². The number of aromatic amines is 1. The summed E-state index contributed by atoms with van der Waals surface area (Å²) in [5.74, 6) is -0.529. The number of esters is 1. The SMILES string of the molecule is CC(O)COC(=O)[C@@H](N)Cc1c[nH]cn1. The standard InChI is InChI=1S/C9H15N3O3/c1-6(13)4-15-9(14)8(10)2-7-3-11-5-12-7/h3,5-6,8,13H,2,4,10H2,1H3,(H,11,12)/t6?,8-/m0/s1. The molecule has 1 unspecified atom stereocenters. The molecule has 0 saturated carbocycles. The van der Waals surface area contributed by atoms with Gasteiger partial charge in [0.25, 0.3) is 0 Å². The van der Waals surface area contributed by atoms with Crippen LogP contribution in [0, 0.1) is 0 Å². The van der Waals surface area contributed by atoms with Gasteiger partial charge in [-0.3, -0.25) is 4.79 Å². The molecule has 0 aromatic carbocycles. The largest absolute Gasteiger partial charge is 0.462 e. The molecule has 0 saturated heterocycles. The third-order valence-electron chi connectivity index (χ3n) is 1.75. The number of aliphatic hydroxyl groups excluding tert-OH is 1. The van der Waals surface area contributed by atoms with E-state index in [1.54, 1.807) is 6.20 Å². The number of imidazole rings is 1. The van der Waals surface area contributed by atoms with Crippen molar-refractivity contribution >= 4 is 5.97 Å². The van der Waals surface area contributed by atoms with Gasteiger partial charge in [-0.25, -0.2) is 4.98 Å². The first-order chi connectivity index (χ1) is 7.09. The van der Waals surface area contributed by atoms with Crippen molar-refractivity contribution < 1.29 is 14.6 Å². The van der Waals surface area contributed by atoms with Gasteiger partial charge in [-0.1, -0.05) is 0 Å². The van der Waals surface area contributed by atoms with Crippen LogP contribution in [0.4, 0.5) is 0 Å². The second-order valence-corrected chi connectivity index (χ2v) is 3.35. The molecule has 0 aliphatic carbocycles. The second-order valence-electron chi connectivity index (χ2n) is 3.35. The maximum atomic E-state index is 11.3. The topological polar surface area (TPSA) is 101 Å². The Balaban J connectivity index is 2.33. The molecule has 1 aromatic heterocycles. The first-order valence-electron chi connectivity index (χ1n) is 4.67. The lowest BCUT2D eigenvalue weighted by Crippen LogP contribution is -2.35. The number of aromatic nitrogens is 2. The quantitative estimate of drug-likeness (QED) is 0.556. The lowest BCUT2D eigenvalue weighted by Gasteiger charge is -2.11. The molecule has 84 valence electrons. The Bertz CT molecular complexity index is 298. The van der Waals surface area contributed by atoms with Crippen molar-refractivity contribution in [3.8, 4) is 0 Å². The van der Waals surface area contributed by atoms with Crippen LogP contribution in [0.15, 0.2) is 12.5 Å². The second kappa shape index (κ2) is 5.47. The highest BCUT2D eigenvalue weighted by molar-refractivity contribution is 5.75. The zero-order chi connectivity index (χ0) is 11.3. The Hall–Kier alpha value is -1.40. The van der Waals surface area contributed by atoms with E-state index in [0.717, 1.165) is 0 Å². The molecular weight excluding hydrogens is 198 g/mol. The lowest BCUT2D eigenvalue weighted by atomic mass is 10.2. The van der Waals surface area contributed by atoms with Gasteiger partial charge in [0.05, 0.1) is 18.1 Å². The van der Waals surface area contributed by atoms with Crippen molar-refractivity contribution in [3.63, 3.8) is 0 Å². The van der Waals surface area contributed by atoms with Crippen LogP contribution in [-0.4, -0.2) is 39.8 Å². The highest BCUT2D eigenvalue weighted by atomic mass is 16.5. The van der Waals surface area contributed by atoms with Gasteiger partial charge < -0.3 is 20.6 Å². The van der Waals surface area contributed by atoms with Crippen molar-refractivity contribution in [2.75, 3.05) is 6.61 Å². The molecule has 1 heterocycles. The van der Waals surface area contributed by atoms with Crippen LogP contribution in [0.3, 0.4) is 0 Å². The van der Waals surface area contributed by atoms with Crippen LogP contribution in [0.1, 0.15) is 12.6 Å². The highest BCUT2D eigenvalue weighted by Gasteiger charge is 2.16. The van der Waals surface area contributed by atoms with Gasteiger partial charge in [0.1, 0.15) is 12.6 Å². The van der Waals surface area contributed by atoms with Crippen LogP contribution < -0.4 is 5.73 Å². The molecule has 6 nitrogen and oxygen atoms in total. The zero-order valence-electron chi connectivity index (χ0n) is 8.51. The number of aliphatic hydroxyl groups is 1. The van der Waals surface area contributed by atoms with Crippen LogP contribution in [0.25, 0.3) is 0 Å². The van der Waals surface area contributed by atoms with E-state index < -0.39 is 18.1 Å². The number of nitrogens with one attached hydrogen (secondary N) is 1. The van der Waals surface area contributed by atoms with Crippen molar-refractivity contribution in [1.29, 1.82) is 0 Å². The van der Waals surface area contributed by atoms with Gasteiger partial charge in [0.2, 0.25) is 0 Å². The average molecular weight is 213 g/mol. The smallest absolute Gasteiger partial charge is 0.323 e. The predicted molar refractivity (Wildman–Crippen MR) is 52.9 cm³/mol. The van der Waals surface area contributed by atoms with Crippen molar-refractivity contribution in [2.45, 2.75) is 25.5 Å². The van der Waals surface area contributed by atoms with E-state index in [9.17, 15) is 4.79 Å². The van der Waals surface area contributed by atoms with Gasteiger partial charge >= 0.3 is 5.97 Å². The van der Waals surface area contributed by atoms with E-state index in [4.69, 9.17) is 15.6 Å². The summed E-state index contributed by atoms with van der Waals surface area (Å²) < 4.78 is 4.76. The molecule has 0 radical (unpaired) electrons. The molecule has 0 amide bonds. The van der Waals surface area contributed by atoms with Crippen LogP contribution in [-0.2, 0) is 16.0 Å². The molecule has 6 heteroatoms. The highest BCUT2D eigenvalue weighted by Crippen LogP contribution is 1.98. The maximum Gasteiger partial charge on any atom is 0.323 e. The third-order valence-corrected chi connectivity index (χ3v) is 1.75. The molecular formula is C9H15N3O3. The Morgan fingerprint density at radius 1 is 1.80 bits per heavy atom. The van der Waals surface area contributed by atoms with Gasteiger partial charge in [0, 0.05) is 12.6 Å². The monoisotopic (exact) mass is 213 g/mol. The number of hydrogen-bond donors (Lipinski definition) is 3. The minimum atomic E-state index is -0.743. The lowest BCUT2D eigenvalue weighted by molar-refractivity contribution is -0.147. The first-order valence-corrected chi connectivity index (χ1v) is 4.67. The number of nitrogens with two attached hydrogens (primary N) is 1. The molecule has 0 aliphatic heterocycles. The Morgan fingerprint density at radius 3 is 3.07 bits per heavy atom. The van der Waals surface area contributed by atoms with Crippen molar-refractivity contribution in [3.05, 3.63) is 18.2 Å². The maximum absolute atomic E-state index is 11.3. The average Bonchev–Trinajstić information content (AvgIpc) is 2.66. The number of hydrogen-bond acceptors (Lipinski definition) is 5. The summed E-state index contributed by atoms with van der Waals surface area (Å²) >= 11 is 0. The molecule has 2 atom stereocenters. The minimum absolute atomic E-state index is 0.0346. The fourth-order valence-electron chi connectivity index (χ4n) is 1.02. The number of ether oxygens (including phenoxy) is 1. The fourth-order valence-corrected chi connectivity index (χ4v) is 1.02. The van der Waals surface area contributed by atoms with Crippen LogP contribution in [0.5, 0.6) is 0 Å². The van der Waals surface area contributed by atoms with Crippen LogP contribution in [0.2, 0.25) is 0 Å². The summed E-state index contributed by atoms with van der Waals surface area (Å²) in [6.45, 7) is 1.50. The summed E-state index contributed by atoms with van der Waals surface area (Å²) in [7, 11) is 0. The summed E-state index contributed by atoms with van der Waals surface area (Å²) in [5.41, 5.74) is 6.29. The number of carbonyl (C=O) groups excluding carboxylic acids is 1. The van der Waals surface area contributed by atoms with Crippen molar-refractivity contribution in [1.82, 2.24) is 9.97 Å². The number of rotatable bonds is 5. The van der Waals surface area contributed by atoms with Gasteiger partial charge in [-0.15, -0.1) is 0 Å². The molecule has 0 spiro atoms. The molecule has 0 bridgehead atoms. The number of H-pyrrole nitrogens is 1. The normalized spacial score (nSPS) is 14.6. The van der Waals surface area contributed by atoms with Gasteiger partial charge in [-0.05, 0) is 6.92 Å². The van der Waals surface area contributed by atoms with E-state index in [2.05, 4.69) is 9.97 Å². The van der Waals surface area contributed by atoms with Crippen molar-refractivity contribution in [2.24, 2.45) is 5.73 Å². The molecule has 0 fully saturated rings. The van der Waals surface area contributed by atoms with Gasteiger partial charge in [-0.2, -0.15) is 0 Å².